The van der Waals surface area contributed by atoms with Crippen LogP contribution in [0.5, 0.6) is 0 Å². The van der Waals surface area contributed by atoms with Gasteiger partial charge in [0.2, 0.25) is 5.91 Å². The fourth-order valence-electron chi connectivity index (χ4n) is 3.15. The standard InChI is InChI=1S/C19H21NO3S/c21-19(17-11-12-24(22,23)14-17)20-13-18(15-7-3-1-4-8-15)16-9-5-2-6-10-16/h1-10,17-18H,11-14H2,(H,20,21). The van der Waals surface area contributed by atoms with Gasteiger partial charge in [-0.2, -0.15) is 0 Å². The SMILES string of the molecule is O=C(NCC(c1ccccc1)c1ccccc1)C1CCS(=O)(=O)C1. The zero-order valence-corrected chi connectivity index (χ0v) is 14.2. The minimum absolute atomic E-state index is 0.0276. The average molecular weight is 343 g/mol. The molecule has 0 bridgehead atoms. The molecular weight excluding hydrogens is 322 g/mol. The van der Waals surface area contributed by atoms with Gasteiger partial charge in [-0.15, -0.1) is 0 Å². The first-order chi connectivity index (χ1) is 11.6. The topological polar surface area (TPSA) is 63.2 Å². The van der Waals surface area contributed by atoms with Crippen LogP contribution < -0.4 is 5.32 Å². The van der Waals surface area contributed by atoms with E-state index in [1.54, 1.807) is 0 Å². The van der Waals surface area contributed by atoms with E-state index in [-0.39, 0.29) is 23.3 Å². The van der Waals surface area contributed by atoms with Gasteiger partial charge in [0, 0.05) is 12.5 Å². The van der Waals surface area contributed by atoms with E-state index in [1.165, 1.54) is 0 Å². The van der Waals surface area contributed by atoms with Crippen LogP contribution in [0.25, 0.3) is 0 Å². The molecule has 2 aromatic rings. The largest absolute Gasteiger partial charge is 0.355 e. The third kappa shape index (κ3) is 4.03. The zero-order chi connectivity index (χ0) is 17.0. The van der Waals surface area contributed by atoms with Crippen LogP contribution in [-0.4, -0.2) is 32.4 Å². The van der Waals surface area contributed by atoms with E-state index in [9.17, 15) is 13.2 Å². The Morgan fingerprint density at radius 1 is 1.00 bits per heavy atom. The minimum atomic E-state index is -3.04. The summed E-state index contributed by atoms with van der Waals surface area (Å²) >= 11 is 0. The number of amides is 1. The second-order valence-corrected chi connectivity index (χ2v) is 8.45. The number of carbonyl (C=O) groups excluding carboxylic acids is 1. The van der Waals surface area contributed by atoms with Gasteiger partial charge in [-0.25, -0.2) is 8.42 Å². The lowest BCUT2D eigenvalue weighted by Gasteiger charge is -2.20. The van der Waals surface area contributed by atoms with Crippen LogP contribution in [0.15, 0.2) is 60.7 Å². The number of hydrogen-bond acceptors (Lipinski definition) is 3. The number of carbonyl (C=O) groups is 1. The smallest absolute Gasteiger partial charge is 0.224 e. The first-order valence-corrected chi connectivity index (χ1v) is 9.95. The molecule has 2 aromatic carbocycles. The zero-order valence-electron chi connectivity index (χ0n) is 13.4. The first-order valence-electron chi connectivity index (χ1n) is 8.13. The van der Waals surface area contributed by atoms with E-state index >= 15 is 0 Å². The Morgan fingerprint density at radius 2 is 1.54 bits per heavy atom. The number of benzene rings is 2. The van der Waals surface area contributed by atoms with Crippen molar-refractivity contribution in [2.45, 2.75) is 12.3 Å². The lowest BCUT2D eigenvalue weighted by molar-refractivity contribution is -0.124. The van der Waals surface area contributed by atoms with Gasteiger partial charge in [0.1, 0.15) is 0 Å². The molecule has 3 rings (SSSR count). The Balaban J connectivity index is 1.72. The van der Waals surface area contributed by atoms with Gasteiger partial charge in [-0.05, 0) is 17.5 Å². The van der Waals surface area contributed by atoms with E-state index in [2.05, 4.69) is 5.32 Å². The Kier molecular flexibility index (Phi) is 5.00. The van der Waals surface area contributed by atoms with Crippen LogP contribution in [0.4, 0.5) is 0 Å². The molecule has 0 aromatic heterocycles. The molecule has 0 aliphatic carbocycles. The van der Waals surface area contributed by atoms with Gasteiger partial charge in [0.25, 0.3) is 0 Å². The Labute approximate surface area is 142 Å². The quantitative estimate of drug-likeness (QED) is 0.906. The Hall–Kier alpha value is -2.14. The van der Waals surface area contributed by atoms with Gasteiger partial charge in [0.15, 0.2) is 9.84 Å². The second kappa shape index (κ2) is 7.18. The molecule has 1 fully saturated rings. The van der Waals surface area contributed by atoms with Crippen LogP contribution in [-0.2, 0) is 14.6 Å². The number of hydrogen-bond donors (Lipinski definition) is 1. The molecule has 24 heavy (non-hydrogen) atoms. The van der Waals surface area contributed by atoms with Crippen molar-refractivity contribution < 1.29 is 13.2 Å². The highest BCUT2D eigenvalue weighted by Gasteiger charge is 2.33. The van der Waals surface area contributed by atoms with Gasteiger partial charge in [-0.3, -0.25) is 4.79 Å². The van der Waals surface area contributed by atoms with Gasteiger partial charge in [0.05, 0.1) is 17.4 Å². The molecule has 0 spiro atoms. The molecule has 126 valence electrons. The highest BCUT2D eigenvalue weighted by atomic mass is 32.2. The fourth-order valence-corrected chi connectivity index (χ4v) is 4.89. The monoisotopic (exact) mass is 343 g/mol. The second-order valence-electron chi connectivity index (χ2n) is 6.22. The van der Waals surface area contributed by atoms with E-state index in [4.69, 9.17) is 0 Å². The summed E-state index contributed by atoms with van der Waals surface area (Å²) in [6.07, 6.45) is 0.426. The molecule has 4 nitrogen and oxygen atoms in total. The molecule has 1 amide bonds. The van der Waals surface area contributed by atoms with Crippen molar-refractivity contribution in [2.75, 3.05) is 18.1 Å². The highest BCUT2D eigenvalue weighted by molar-refractivity contribution is 7.91. The Morgan fingerprint density at radius 3 is 2.00 bits per heavy atom. The average Bonchev–Trinajstić information content (AvgIpc) is 2.97. The molecule has 1 atom stereocenters. The van der Waals surface area contributed by atoms with Crippen LogP contribution in [0.1, 0.15) is 23.5 Å². The molecule has 1 aliphatic heterocycles. The van der Waals surface area contributed by atoms with Crippen LogP contribution >= 0.6 is 0 Å². The summed E-state index contributed by atoms with van der Waals surface area (Å²) in [6.45, 7) is 0.462. The van der Waals surface area contributed by atoms with E-state index < -0.39 is 15.8 Å². The number of sulfone groups is 1. The van der Waals surface area contributed by atoms with Crippen LogP contribution in [0.2, 0.25) is 0 Å². The molecule has 1 saturated heterocycles. The molecule has 0 saturated carbocycles. The van der Waals surface area contributed by atoms with Crippen molar-refractivity contribution in [3.05, 3.63) is 71.8 Å². The van der Waals surface area contributed by atoms with Crippen molar-refractivity contribution in [3.63, 3.8) is 0 Å². The normalized spacial score (nSPS) is 19.3. The maximum absolute atomic E-state index is 12.3. The van der Waals surface area contributed by atoms with Crippen molar-refractivity contribution >= 4 is 15.7 Å². The van der Waals surface area contributed by atoms with Gasteiger partial charge >= 0.3 is 0 Å². The number of rotatable bonds is 5. The summed E-state index contributed by atoms with van der Waals surface area (Å²) in [5.41, 5.74) is 2.26. The molecular formula is C19H21NO3S. The predicted octanol–water partition coefficient (Wildman–Crippen LogP) is 2.37. The van der Waals surface area contributed by atoms with Gasteiger partial charge in [-0.1, -0.05) is 60.7 Å². The minimum Gasteiger partial charge on any atom is -0.355 e. The summed E-state index contributed by atoms with van der Waals surface area (Å²) in [7, 11) is -3.04. The summed E-state index contributed by atoms with van der Waals surface area (Å²) in [5, 5.41) is 2.96. The van der Waals surface area contributed by atoms with Crippen LogP contribution in [0.3, 0.4) is 0 Å². The Bertz CT molecular complexity index is 748. The lowest BCUT2D eigenvalue weighted by atomic mass is 9.91. The lowest BCUT2D eigenvalue weighted by Crippen LogP contribution is -2.34. The van der Waals surface area contributed by atoms with Crippen molar-refractivity contribution in [3.8, 4) is 0 Å². The fraction of sp³-hybridized carbons (Fsp3) is 0.316. The summed E-state index contributed by atoms with van der Waals surface area (Å²) in [6, 6.07) is 20.0. The van der Waals surface area contributed by atoms with Crippen molar-refractivity contribution in [2.24, 2.45) is 5.92 Å². The van der Waals surface area contributed by atoms with Crippen molar-refractivity contribution in [1.82, 2.24) is 5.32 Å². The molecule has 1 unspecified atom stereocenters. The van der Waals surface area contributed by atoms with Crippen molar-refractivity contribution in [1.29, 1.82) is 0 Å². The van der Waals surface area contributed by atoms with Crippen LogP contribution in [0, 0.1) is 5.92 Å². The maximum Gasteiger partial charge on any atom is 0.224 e. The summed E-state index contributed by atoms with van der Waals surface area (Å²) < 4.78 is 23.1. The molecule has 1 heterocycles. The molecule has 1 aliphatic rings. The first kappa shape index (κ1) is 16.7. The summed E-state index contributed by atoms with van der Waals surface area (Å²) in [5.74, 6) is -0.434. The molecule has 1 N–H and O–H groups in total. The van der Waals surface area contributed by atoms with E-state index in [0.717, 1.165) is 11.1 Å². The summed E-state index contributed by atoms with van der Waals surface area (Å²) in [4.78, 5) is 12.3. The third-order valence-corrected chi connectivity index (χ3v) is 6.26. The third-order valence-electron chi connectivity index (χ3n) is 4.49. The highest BCUT2D eigenvalue weighted by Crippen LogP contribution is 2.24. The molecule has 0 radical (unpaired) electrons. The predicted molar refractivity (Wildman–Crippen MR) is 94.5 cm³/mol. The van der Waals surface area contributed by atoms with E-state index in [0.29, 0.717) is 13.0 Å². The maximum atomic E-state index is 12.3. The van der Waals surface area contributed by atoms with Gasteiger partial charge < -0.3 is 5.32 Å². The number of nitrogens with one attached hydrogen (secondary N) is 1. The molecule has 5 heteroatoms. The van der Waals surface area contributed by atoms with E-state index in [1.807, 2.05) is 60.7 Å².